The van der Waals surface area contributed by atoms with Crippen LogP contribution in [0.1, 0.15) is 12.8 Å². The summed E-state index contributed by atoms with van der Waals surface area (Å²) in [6.45, 7) is 0.578. The van der Waals surface area contributed by atoms with Gasteiger partial charge >= 0.3 is 5.69 Å². The fourth-order valence-corrected chi connectivity index (χ4v) is 2.06. The molecule has 104 valence electrons. The molecule has 0 aliphatic heterocycles. The van der Waals surface area contributed by atoms with Crippen molar-refractivity contribution < 1.29 is 18.8 Å². The first-order valence-electron chi connectivity index (χ1n) is 5.93. The van der Waals surface area contributed by atoms with Crippen molar-refractivity contribution in [2.45, 2.75) is 18.9 Å². The Labute approximate surface area is 109 Å². The molecule has 1 aromatic carbocycles. The molecule has 1 saturated carbocycles. The summed E-state index contributed by atoms with van der Waals surface area (Å²) in [6.07, 6.45) is 1.41. The number of rotatable bonds is 5. The Morgan fingerprint density at radius 2 is 2.16 bits per heavy atom. The van der Waals surface area contributed by atoms with Crippen LogP contribution in [0.15, 0.2) is 12.1 Å². The molecular formula is C12H15FN2O4. The summed E-state index contributed by atoms with van der Waals surface area (Å²) in [5.74, 6) is -0.430. The van der Waals surface area contributed by atoms with E-state index in [-0.39, 0.29) is 17.6 Å². The van der Waals surface area contributed by atoms with Crippen LogP contribution in [0.3, 0.4) is 0 Å². The topological polar surface area (TPSA) is 87.6 Å². The van der Waals surface area contributed by atoms with Crippen molar-refractivity contribution in [3.63, 3.8) is 0 Å². The van der Waals surface area contributed by atoms with E-state index in [4.69, 9.17) is 15.2 Å². The van der Waals surface area contributed by atoms with E-state index in [2.05, 4.69) is 0 Å². The number of hydrogen-bond donors (Lipinski definition) is 1. The van der Waals surface area contributed by atoms with Gasteiger partial charge in [0.1, 0.15) is 0 Å². The first-order valence-corrected chi connectivity index (χ1v) is 5.93. The van der Waals surface area contributed by atoms with Gasteiger partial charge in [0.2, 0.25) is 5.75 Å². The quantitative estimate of drug-likeness (QED) is 0.651. The second-order valence-corrected chi connectivity index (χ2v) is 4.52. The van der Waals surface area contributed by atoms with Crippen LogP contribution in [0.5, 0.6) is 11.5 Å². The van der Waals surface area contributed by atoms with Gasteiger partial charge in [0, 0.05) is 6.07 Å². The molecule has 0 heterocycles. The molecule has 0 saturated heterocycles. The minimum atomic E-state index is -0.782. The summed E-state index contributed by atoms with van der Waals surface area (Å²) in [5.41, 5.74) is 5.11. The number of benzene rings is 1. The van der Waals surface area contributed by atoms with Crippen LogP contribution in [-0.4, -0.2) is 24.7 Å². The maximum absolute atomic E-state index is 13.4. The standard InChI is InChI=1S/C12H15FN2O4/c1-18-11-5-12(10(15(16)17)4-9(11)13)19-8-2-7(3-8)6-14/h4-5,7-8H,2-3,6,14H2,1H3. The van der Waals surface area contributed by atoms with Crippen LogP contribution in [0, 0.1) is 21.8 Å². The Kier molecular flexibility index (Phi) is 3.84. The molecule has 0 radical (unpaired) electrons. The predicted molar refractivity (Wildman–Crippen MR) is 65.8 cm³/mol. The summed E-state index contributed by atoms with van der Waals surface area (Å²) in [4.78, 5) is 10.2. The molecule has 1 aliphatic carbocycles. The van der Waals surface area contributed by atoms with Gasteiger partial charge in [-0.1, -0.05) is 0 Å². The predicted octanol–water partition coefficient (Wildman–Crippen LogP) is 1.86. The lowest BCUT2D eigenvalue weighted by Gasteiger charge is -2.34. The van der Waals surface area contributed by atoms with E-state index in [0.29, 0.717) is 12.5 Å². The molecule has 1 aromatic rings. The summed E-state index contributed by atoms with van der Waals surface area (Å²) < 4.78 is 23.8. The van der Waals surface area contributed by atoms with Crippen LogP contribution in [0.4, 0.5) is 10.1 Å². The molecule has 0 aromatic heterocycles. The lowest BCUT2D eigenvalue weighted by atomic mass is 9.82. The number of methoxy groups -OCH3 is 1. The second kappa shape index (κ2) is 5.40. The van der Waals surface area contributed by atoms with Gasteiger partial charge in [0.05, 0.1) is 24.2 Å². The summed E-state index contributed by atoms with van der Waals surface area (Å²) in [6, 6.07) is 2.02. The number of halogens is 1. The minimum absolute atomic E-state index is 0.0312. The maximum Gasteiger partial charge on any atom is 0.314 e. The average molecular weight is 270 g/mol. The van der Waals surface area contributed by atoms with Gasteiger partial charge in [0.15, 0.2) is 11.6 Å². The number of nitrogens with two attached hydrogens (primary N) is 1. The van der Waals surface area contributed by atoms with Crippen molar-refractivity contribution in [3.8, 4) is 11.5 Å². The molecule has 7 heteroatoms. The largest absolute Gasteiger partial charge is 0.494 e. The molecule has 0 amide bonds. The zero-order chi connectivity index (χ0) is 14.0. The van der Waals surface area contributed by atoms with Crippen molar-refractivity contribution in [3.05, 3.63) is 28.1 Å². The monoisotopic (exact) mass is 270 g/mol. The van der Waals surface area contributed by atoms with E-state index < -0.39 is 16.4 Å². The number of nitro groups is 1. The third-order valence-electron chi connectivity index (χ3n) is 3.25. The fraction of sp³-hybridized carbons (Fsp3) is 0.500. The summed E-state index contributed by atoms with van der Waals surface area (Å²) in [5, 5.41) is 10.9. The zero-order valence-electron chi connectivity index (χ0n) is 10.5. The Balaban J connectivity index is 2.20. The van der Waals surface area contributed by atoms with Gasteiger partial charge in [-0.2, -0.15) is 0 Å². The number of nitro benzene ring substituents is 1. The molecule has 0 atom stereocenters. The van der Waals surface area contributed by atoms with E-state index in [1.165, 1.54) is 13.2 Å². The molecule has 2 N–H and O–H groups in total. The van der Waals surface area contributed by atoms with Crippen molar-refractivity contribution in [1.29, 1.82) is 0 Å². The van der Waals surface area contributed by atoms with E-state index in [1.54, 1.807) is 0 Å². The average Bonchev–Trinajstić information content (AvgIpc) is 2.33. The number of hydrogen-bond acceptors (Lipinski definition) is 5. The molecule has 0 bridgehead atoms. The van der Waals surface area contributed by atoms with Crippen molar-refractivity contribution in [2.75, 3.05) is 13.7 Å². The van der Waals surface area contributed by atoms with E-state index in [9.17, 15) is 14.5 Å². The third-order valence-corrected chi connectivity index (χ3v) is 3.25. The molecular weight excluding hydrogens is 255 g/mol. The Hall–Kier alpha value is -1.89. The van der Waals surface area contributed by atoms with Crippen molar-refractivity contribution >= 4 is 5.69 Å². The highest BCUT2D eigenvalue weighted by Crippen LogP contribution is 2.38. The maximum atomic E-state index is 13.4. The first-order chi connectivity index (χ1) is 9.05. The number of nitrogens with zero attached hydrogens (tertiary/aromatic N) is 1. The number of ether oxygens (including phenoxy) is 2. The molecule has 0 spiro atoms. The Bertz CT molecular complexity index is 489. The minimum Gasteiger partial charge on any atom is -0.494 e. The Morgan fingerprint density at radius 3 is 2.68 bits per heavy atom. The highest BCUT2D eigenvalue weighted by Gasteiger charge is 2.32. The second-order valence-electron chi connectivity index (χ2n) is 4.52. The lowest BCUT2D eigenvalue weighted by molar-refractivity contribution is -0.386. The normalized spacial score (nSPS) is 21.6. The molecule has 1 fully saturated rings. The highest BCUT2D eigenvalue weighted by molar-refractivity contribution is 5.51. The third kappa shape index (κ3) is 2.76. The van der Waals surface area contributed by atoms with Gasteiger partial charge in [0.25, 0.3) is 0 Å². The first kappa shape index (κ1) is 13.5. The van der Waals surface area contributed by atoms with Crippen LogP contribution in [-0.2, 0) is 0 Å². The summed E-state index contributed by atoms with van der Waals surface area (Å²) in [7, 11) is 1.29. The van der Waals surface area contributed by atoms with E-state index in [0.717, 1.165) is 18.9 Å². The van der Waals surface area contributed by atoms with Gasteiger partial charge < -0.3 is 15.2 Å². The van der Waals surface area contributed by atoms with Crippen LogP contribution in [0.25, 0.3) is 0 Å². The molecule has 19 heavy (non-hydrogen) atoms. The van der Waals surface area contributed by atoms with Crippen LogP contribution < -0.4 is 15.2 Å². The van der Waals surface area contributed by atoms with Gasteiger partial charge in [-0.05, 0) is 25.3 Å². The Morgan fingerprint density at radius 1 is 1.47 bits per heavy atom. The van der Waals surface area contributed by atoms with Gasteiger partial charge in [-0.25, -0.2) is 4.39 Å². The fourth-order valence-electron chi connectivity index (χ4n) is 2.06. The SMILES string of the molecule is COc1cc(OC2CC(CN)C2)c([N+](=O)[O-])cc1F. The van der Waals surface area contributed by atoms with Crippen molar-refractivity contribution in [1.82, 2.24) is 0 Å². The van der Waals surface area contributed by atoms with E-state index in [1.807, 2.05) is 0 Å². The lowest BCUT2D eigenvalue weighted by Crippen LogP contribution is -2.37. The smallest absolute Gasteiger partial charge is 0.314 e. The van der Waals surface area contributed by atoms with E-state index >= 15 is 0 Å². The van der Waals surface area contributed by atoms with Crippen LogP contribution in [0.2, 0.25) is 0 Å². The highest BCUT2D eigenvalue weighted by atomic mass is 19.1. The van der Waals surface area contributed by atoms with Gasteiger partial charge in [-0.3, -0.25) is 10.1 Å². The van der Waals surface area contributed by atoms with Crippen molar-refractivity contribution in [2.24, 2.45) is 11.7 Å². The molecule has 2 rings (SSSR count). The zero-order valence-corrected chi connectivity index (χ0v) is 10.5. The summed E-state index contributed by atoms with van der Waals surface area (Å²) >= 11 is 0. The molecule has 0 unspecified atom stereocenters. The molecule has 6 nitrogen and oxygen atoms in total. The van der Waals surface area contributed by atoms with Crippen LogP contribution >= 0.6 is 0 Å². The van der Waals surface area contributed by atoms with Gasteiger partial charge in [-0.15, -0.1) is 0 Å². The molecule has 1 aliphatic rings.